The number of benzene rings is 1. The Hall–Kier alpha value is -3.28. The fourth-order valence-electron chi connectivity index (χ4n) is 3.23. The van der Waals surface area contributed by atoms with Crippen molar-refractivity contribution in [2.75, 3.05) is 0 Å². The molecule has 0 aliphatic heterocycles. The van der Waals surface area contributed by atoms with Gasteiger partial charge < -0.3 is 11.5 Å². The van der Waals surface area contributed by atoms with E-state index in [1.807, 2.05) is 26.0 Å². The Morgan fingerprint density at radius 2 is 1.85 bits per heavy atom. The monoisotopic (exact) mass is 482 g/mol. The summed E-state index contributed by atoms with van der Waals surface area (Å²) < 4.78 is 14.1. The van der Waals surface area contributed by atoms with Crippen molar-refractivity contribution in [1.29, 1.82) is 5.26 Å². The van der Waals surface area contributed by atoms with E-state index >= 15 is 0 Å². The molecule has 4 N–H and O–H groups in total. The lowest BCUT2D eigenvalue weighted by Gasteiger charge is -2.25. The number of hydrogen-bond acceptors (Lipinski definition) is 4. The highest BCUT2D eigenvalue weighted by Crippen LogP contribution is 2.36. The summed E-state index contributed by atoms with van der Waals surface area (Å²) in [5.74, 6) is 0.369. The van der Waals surface area contributed by atoms with E-state index < -0.39 is 5.82 Å². The van der Waals surface area contributed by atoms with Crippen molar-refractivity contribution >= 4 is 17.3 Å². The maximum Gasteiger partial charge on any atom is 0.140 e. The average Bonchev–Trinajstić information content (AvgIpc) is 2.83. The number of halogens is 2. The molecule has 1 atom stereocenters. The average molecular weight is 483 g/mol. The fourth-order valence-corrected chi connectivity index (χ4v) is 3.51. The van der Waals surface area contributed by atoms with Gasteiger partial charge in [-0.1, -0.05) is 58.4 Å². The minimum absolute atomic E-state index is 0.000801. The van der Waals surface area contributed by atoms with Crippen LogP contribution in [0.25, 0.3) is 5.70 Å². The highest BCUT2D eigenvalue weighted by atomic mass is 35.5. The van der Waals surface area contributed by atoms with Crippen molar-refractivity contribution in [1.82, 2.24) is 4.98 Å². The van der Waals surface area contributed by atoms with Gasteiger partial charge in [0.1, 0.15) is 17.6 Å². The van der Waals surface area contributed by atoms with Crippen LogP contribution in [-0.2, 0) is 0 Å². The van der Waals surface area contributed by atoms with Crippen LogP contribution in [0.2, 0.25) is 5.02 Å². The fraction of sp³-hybridized carbons (Fsp3) is 0.357. The molecule has 0 amide bonds. The Labute approximate surface area is 209 Å². The molecule has 1 aromatic carbocycles. The largest absolute Gasteiger partial charge is 0.401 e. The summed E-state index contributed by atoms with van der Waals surface area (Å²) in [4.78, 5) is 4.12. The second-order valence-electron chi connectivity index (χ2n) is 7.94. The van der Waals surface area contributed by atoms with E-state index in [-0.39, 0.29) is 22.2 Å². The topological polar surface area (TPSA) is 88.7 Å². The summed E-state index contributed by atoms with van der Waals surface area (Å²) in [6.45, 7) is 10.5. The smallest absolute Gasteiger partial charge is 0.140 e. The molecule has 2 aromatic rings. The second-order valence-corrected chi connectivity index (χ2v) is 8.35. The van der Waals surface area contributed by atoms with Gasteiger partial charge in [0.2, 0.25) is 0 Å². The zero-order valence-electron chi connectivity index (χ0n) is 20.8. The van der Waals surface area contributed by atoms with Crippen LogP contribution in [0.4, 0.5) is 4.39 Å². The Morgan fingerprint density at radius 3 is 2.35 bits per heavy atom. The first-order valence-corrected chi connectivity index (χ1v) is 11.7. The summed E-state index contributed by atoms with van der Waals surface area (Å²) >= 11 is 6.09. The summed E-state index contributed by atoms with van der Waals surface area (Å²) in [5, 5.41) is 9.14. The lowest BCUT2D eigenvalue weighted by molar-refractivity contribution is 0.601. The van der Waals surface area contributed by atoms with Crippen molar-refractivity contribution in [3.8, 4) is 18.9 Å². The van der Waals surface area contributed by atoms with E-state index in [0.29, 0.717) is 11.4 Å². The molecule has 0 radical (unpaired) electrons. The molecule has 0 saturated carbocycles. The molecule has 182 valence electrons. The molecule has 0 saturated heterocycles. The number of nitrogens with two attached hydrogens (primary N) is 2. The number of nitrogens with zero attached hydrogens (tertiary/aromatic N) is 2. The van der Waals surface area contributed by atoms with Crippen molar-refractivity contribution in [2.45, 2.75) is 59.8 Å². The van der Waals surface area contributed by atoms with E-state index in [9.17, 15) is 4.39 Å². The van der Waals surface area contributed by atoms with Gasteiger partial charge in [0.25, 0.3) is 0 Å². The number of aromatic nitrogens is 1. The first-order chi connectivity index (χ1) is 16.2. The normalized spacial score (nSPS) is 15.0. The Bertz CT molecular complexity index is 992. The first kappa shape index (κ1) is 30.7. The van der Waals surface area contributed by atoms with Crippen LogP contribution in [0.3, 0.4) is 0 Å². The standard InChI is InChI=1S/C20H18ClFN4.C4H10.C2H6.C2H2/c21-16-5-2-6-17(22)19(16)18(24)9-12-3-1-4-15(20(12)25)13-7-8-14(10-23)26-11-13;1-4(2)3;2*1-2/h2,5-9,11,15H,1,3-4,24-25H2;4H,1-3H3;1-2H3;1-2H/b18-9-;;;. The molecule has 1 aliphatic carbocycles. The third-order valence-corrected chi connectivity index (χ3v) is 4.88. The van der Waals surface area contributed by atoms with Gasteiger partial charge in [-0.15, -0.1) is 12.8 Å². The second kappa shape index (κ2) is 16.4. The molecular formula is C28H36ClFN4. The molecular weight excluding hydrogens is 447 g/mol. The van der Waals surface area contributed by atoms with Crippen LogP contribution in [-0.4, -0.2) is 4.98 Å². The van der Waals surface area contributed by atoms with Gasteiger partial charge in [0.05, 0.1) is 10.6 Å². The van der Waals surface area contributed by atoms with E-state index in [1.165, 1.54) is 12.1 Å². The Morgan fingerprint density at radius 1 is 1.24 bits per heavy atom. The van der Waals surface area contributed by atoms with E-state index in [4.69, 9.17) is 28.3 Å². The van der Waals surface area contributed by atoms with Crippen molar-refractivity contribution < 1.29 is 4.39 Å². The number of rotatable bonds is 3. The molecule has 4 nitrogen and oxygen atoms in total. The van der Waals surface area contributed by atoms with E-state index in [1.54, 1.807) is 24.4 Å². The molecule has 1 aromatic heterocycles. The molecule has 1 heterocycles. The van der Waals surface area contributed by atoms with Crippen LogP contribution in [0.15, 0.2) is 53.9 Å². The van der Waals surface area contributed by atoms with Gasteiger partial charge >= 0.3 is 0 Å². The molecule has 1 unspecified atom stereocenters. The highest BCUT2D eigenvalue weighted by Gasteiger charge is 2.22. The summed E-state index contributed by atoms with van der Waals surface area (Å²) in [6, 6.07) is 10.0. The number of hydrogen-bond donors (Lipinski definition) is 2. The maximum absolute atomic E-state index is 14.1. The van der Waals surface area contributed by atoms with Gasteiger partial charge in [0.15, 0.2) is 0 Å². The predicted molar refractivity (Wildman–Crippen MR) is 142 cm³/mol. The van der Waals surface area contributed by atoms with Crippen LogP contribution >= 0.6 is 11.6 Å². The van der Waals surface area contributed by atoms with Crippen molar-refractivity contribution in [3.05, 3.63) is 81.5 Å². The van der Waals surface area contributed by atoms with Crippen LogP contribution in [0.1, 0.15) is 76.6 Å². The number of pyridine rings is 1. The van der Waals surface area contributed by atoms with Crippen molar-refractivity contribution in [2.24, 2.45) is 17.4 Å². The summed E-state index contributed by atoms with van der Waals surface area (Å²) in [7, 11) is 0. The number of allylic oxidation sites excluding steroid dienone is 3. The molecule has 1 aliphatic rings. The SMILES string of the molecule is C#C.CC.CC(C)C.N#Cc1ccc(C2CCCC(/C=C(\N)c3c(F)cccc3Cl)=C2N)cn1. The molecule has 6 heteroatoms. The third kappa shape index (κ3) is 9.30. The lowest BCUT2D eigenvalue weighted by Crippen LogP contribution is -2.18. The Kier molecular flexibility index (Phi) is 14.8. The molecule has 3 rings (SSSR count). The molecule has 34 heavy (non-hydrogen) atoms. The van der Waals surface area contributed by atoms with Gasteiger partial charge in [-0.3, -0.25) is 0 Å². The van der Waals surface area contributed by atoms with Gasteiger partial charge in [-0.25, -0.2) is 9.37 Å². The van der Waals surface area contributed by atoms with Gasteiger partial charge in [-0.05, 0) is 60.6 Å². The van der Waals surface area contributed by atoms with Crippen LogP contribution in [0.5, 0.6) is 0 Å². The zero-order valence-corrected chi connectivity index (χ0v) is 21.5. The predicted octanol–water partition coefficient (Wildman–Crippen LogP) is 7.16. The van der Waals surface area contributed by atoms with Gasteiger partial charge in [0, 0.05) is 23.5 Å². The van der Waals surface area contributed by atoms with Crippen molar-refractivity contribution in [3.63, 3.8) is 0 Å². The van der Waals surface area contributed by atoms with E-state index in [2.05, 4.69) is 38.6 Å². The minimum atomic E-state index is -0.464. The number of nitriles is 1. The summed E-state index contributed by atoms with van der Waals surface area (Å²) in [5.41, 5.74) is 15.8. The highest BCUT2D eigenvalue weighted by molar-refractivity contribution is 6.32. The minimum Gasteiger partial charge on any atom is -0.401 e. The number of terminal acetylenes is 1. The molecule has 0 spiro atoms. The molecule has 0 bridgehead atoms. The Balaban J connectivity index is 0.00000121. The van der Waals surface area contributed by atoms with Crippen LogP contribution in [0, 0.1) is 35.9 Å². The summed E-state index contributed by atoms with van der Waals surface area (Å²) in [6.07, 6.45) is 14.0. The van der Waals surface area contributed by atoms with E-state index in [0.717, 1.165) is 36.3 Å². The first-order valence-electron chi connectivity index (χ1n) is 11.3. The lowest BCUT2D eigenvalue weighted by atomic mass is 9.83. The maximum atomic E-state index is 14.1. The van der Waals surface area contributed by atoms with Crippen LogP contribution < -0.4 is 11.5 Å². The quantitative estimate of drug-likeness (QED) is 0.454. The van der Waals surface area contributed by atoms with Gasteiger partial charge in [-0.2, -0.15) is 5.26 Å². The zero-order chi connectivity index (χ0) is 26.3. The third-order valence-electron chi connectivity index (χ3n) is 4.57. The molecule has 0 fully saturated rings.